The monoisotopic (exact) mass is 258 g/mol. The number of methoxy groups -OCH3 is 1. The van der Waals surface area contributed by atoms with E-state index in [1.807, 2.05) is 0 Å². The molecule has 1 aliphatic rings. The predicted molar refractivity (Wildman–Crippen MR) is 70.6 cm³/mol. The molecule has 5 heteroatoms. The minimum absolute atomic E-state index is 0.0247. The summed E-state index contributed by atoms with van der Waals surface area (Å²) in [6, 6.07) is 0.0247. The molecule has 1 amide bonds. The zero-order valence-corrected chi connectivity index (χ0v) is 11.4. The lowest BCUT2D eigenvalue weighted by atomic mass is 10.0. The van der Waals surface area contributed by atoms with E-state index in [0.29, 0.717) is 13.2 Å². The van der Waals surface area contributed by atoms with Crippen LogP contribution in [-0.4, -0.2) is 52.0 Å². The summed E-state index contributed by atoms with van der Waals surface area (Å²) in [4.78, 5) is 11.8. The summed E-state index contributed by atoms with van der Waals surface area (Å²) >= 11 is 0. The van der Waals surface area contributed by atoms with Gasteiger partial charge in [0.25, 0.3) is 0 Å². The molecule has 5 nitrogen and oxygen atoms in total. The van der Waals surface area contributed by atoms with E-state index in [-0.39, 0.29) is 11.9 Å². The van der Waals surface area contributed by atoms with E-state index >= 15 is 0 Å². The van der Waals surface area contributed by atoms with Crippen LogP contribution < -0.4 is 10.6 Å². The zero-order chi connectivity index (χ0) is 13.1. The Balaban J connectivity index is 1.89. The average Bonchev–Trinajstić information content (AvgIpc) is 2.42. The lowest BCUT2D eigenvalue weighted by Crippen LogP contribution is -2.46. The Kier molecular flexibility index (Phi) is 8.81. The average molecular weight is 258 g/mol. The van der Waals surface area contributed by atoms with E-state index in [4.69, 9.17) is 9.47 Å². The lowest BCUT2D eigenvalue weighted by molar-refractivity contribution is -0.123. The third-order valence-electron chi connectivity index (χ3n) is 3.07. The number of unbranched alkanes of at least 4 members (excludes halogenated alkanes) is 1. The van der Waals surface area contributed by atoms with Gasteiger partial charge < -0.3 is 20.1 Å². The molecule has 1 fully saturated rings. The molecule has 0 bridgehead atoms. The van der Waals surface area contributed by atoms with Crippen LogP contribution in [0.15, 0.2) is 0 Å². The van der Waals surface area contributed by atoms with Crippen LogP contribution in [0.25, 0.3) is 0 Å². The van der Waals surface area contributed by atoms with Gasteiger partial charge in [-0.1, -0.05) is 6.42 Å². The molecule has 1 rings (SSSR count). The van der Waals surface area contributed by atoms with Crippen molar-refractivity contribution in [2.75, 3.05) is 40.0 Å². The highest BCUT2D eigenvalue weighted by Crippen LogP contribution is 2.06. The Morgan fingerprint density at radius 2 is 2.17 bits per heavy atom. The van der Waals surface area contributed by atoms with Gasteiger partial charge >= 0.3 is 0 Å². The quantitative estimate of drug-likeness (QED) is 0.597. The molecule has 0 saturated carbocycles. The molecule has 18 heavy (non-hydrogen) atoms. The number of amides is 1. The van der Waals surface area contributed by atoms with Crippen LogP contribution in [-0.2, 0) is 14.3 Å². The largest absolute Gasteiger partial charge is 0.382 e. The molecule has 0 aromatic heterocycles. The molecule has 0 radical (unpaired) electrons. The van der Waals surface area contributed by atoms with Crippen molar-refractivity contribution in [3.63, 3.8) is 0 Å². The predicted octanol–water partition coefficient (Wildman–Crippen LogP) is 0.688. The molecule has 1 atom stereocenters. The zero-order valence-electron chi connectivity index (χ0n) is 11.4. The Bertz CT molecular complexity index is 218. The number of hydrogen-bond acceptors (Lipinski definition) is 4. The van der Waals surface area contributed by atoms with E-state index in [9.17, 15) is 4.79 Å². The molecule has 0 aromatic carbocycles. The summed E-state index contributed by atoms with van der Waals surface area (Å²) in [5.41, 5.74) is 0. The Hall–Kier alpha value is -0.650. The van der Waals surface area contributed by atoms with Crippen LogP contribution in [0.1, 0.15) is 32.1 Å². The van der Waals surface area contributed by atoms with E-state index in [1.54, 1.807) is 7.11 Å². The number of carbonyl (C=O) groups is 1. The lowest BCUT2D eigenvalue weighted by Gasteiger charge is -2.22. The van der Waals surface area contributed by atoms with Crippen LogP contribution in [0.3, 0.4) is 0 Å². The second kappa shape index (κ2) is 10.3. The van der Waals surface area contributed by atoms with Gasteiger partial charge in [0.05, 0.1) is 19.3 Å². The summed E-state index contributed by atoms with van der Waals surface area (Å²) in [7, 11) is 1.66. The van der Waals surface area contributed by atoms with E-state index in [1.165, 1.54) is 6.42 Å². The van der Waals surface area contributed by atoms with Crippen LogP contribution in [0, 0.1) is 0 Å². The van der Waals surface area contributed by atoms with Gasteiger partial charge in [-0.05, 0) is 32.2 Å². The molecular formula is C13H26N2O3. The van der Waals surface area contributed by atoms with Crippen LogP contribution in [0.2, 0.25) is 0 Å². The molecule has 1 heterocycles. The standard InChI is InChI=1S/C13H26N2O3/c1-17-10-11-18-9-5-4-8-15-13(16)12-6-2-3-7-14-12/h12,14H,2-11H2,1H3,(H,15,16)/t12-/m0/s1. The maximum atomic E-state index is 11.8. The number of carbonyl (C=O) groups excluding carboxylic acids is 1. The first-order chi connectivity index (χ1) is 8.84. The summed E-state index contributed by atoms with van der Waals surface area (Å²) in [6.07, 6.45) is 5.24. The molecule has 0 spiro atoms. The summed E-state index contributed by atoms with van der Waals surface area (Å²) in [5.74, 6) is 0.148. The van der Waals surface area contributed by atoms with Crippen molar-refractivity contribution in [2.45, 2.75) is 38.1 Å². The second-order valence-corrected chi connectivity index (χ2v) is 4.61. The minimum Gasteiger partial charge on any atom is -0.382 e. The number of hydrogen-bond donors (Lipinski definition) is 2. The fourth-order valence-corrected chi connectivity index (χ4v) is 1.98. The summed E-state index contributed by atoms with van der Waals surface area (Å²) in [6.45, 7) is 3.73. The first-order valence-electron chi connectivity index (χ1n) is 6.92. The highest BCUT2D eigenvalue weighted by atomic mass is 16.5. The third kappa shape index (κ3) is 6.93. The number of rotatable bonds is 9. The fraction of sp³-hybridized carbons (Fsp3) is 0.923. The highest BCUT2D eigenvalue weighted by Gasteiger charge is 2.19. The van der Waals surface area contributed by atoms with Crippen molar-refractivity contribution in [3.05, 3.63) is 0 Å². The van der Waals surface area contributed by atoms with Crippen molar-refractivity contribution >= 4 is 5.91 Å². The van der Waals surface area contributed by atoms with E-state index in [0.717, 1.165) is 45.4 Å². The molecular weight excluding hydrogens is 232 g/mol. The smallest absolute Gasteiger partial charge is 0.237 e. The van der Waals surface area contributed by atoms with Gasteiger partial charge in [0, 0.05) is 20.3 Å². The first-order valence-corrected chi connectivity index (χ1v) is 6.92. The molecule has 1 saturated heterocycles. The SMILES string of the molecule is COCCOCCCCNC(=O)[C@@H]1CCCCN1. The number of piperidine rings is 1. The Morgan fingerprint density at radius 3 is 2.89 bits per heavy atom. The van der Waals surface area contributed by atoms with Crippen molar-refractivity contribution in [1.29, 1.82) is 0 Å². The first kappa shape index (κ1) is 15.4. The van der Waals surface area contributed by atoms with Gasteiger partial charge in [0.15, 0.2) is 0 Å². The molecule has 106 valence electrons. The van der Waals surface area contributed by atoms with Gasteiger partial charge in [0.2, 0.25) is 5.91 Å². The van der Waals surface area contributed by atoms with Gasteiger partial charge in [-0.25, -0.2) is 0 Å². The van der Waals surface area contributed by atoms with Crippen LogP contribution in [0.4, 0.5) is 0 Å². The van der Waals surface area contributed by atoms with Crippen LogP contribution >= 0.6 is 0 Å². The Labute approximate surface area is 110 Å². The second-order valence-electron chi connectivity index (χ2n) is 4.61. The maximum Gasteiger partial charge on any atom is 0.237 e. The third-order valence-corrected chi connectivity index (χ3v) is 3.07. The van der Waals surface area contributed by atoms with E-state index < -0.39 is 0 Å². The summed E-state index contributed by atoms with van der Waals surface area (Å²) < 4.78 is 10.2. The van der Waals surface area contributed by atoms with Crippen LogP contribution in [0.5, 0.6) is 0 Å². The molecule has 0 unspecified atom stereocenters. The topological polar surface area (TPSA) is 59.6 Å². The molecule has 0 aliphatic carbocycles. The van der Waals surface area contributed by atoms with Gasteiger partial charge in [-0.15, -0.1) is 0 Å². The number of ether oxygens (including phenoxy) is 2. The van der Waals surface area contributed by atoms with Crippen molar-refractivity contribution in [2.24, 2.45) is 0 Å². The van der Waals surface area contributed by atoms with Gasteiger partial charge in [-0.3, -0.25) is 4.79 Å². The minimum atomic E-state index is 0.0247. The molecule has 1 aliphatic heterocycles. The maximum absolute atomic E-state index is 11.8. The van der Waals surface area contributed by atoms with Crippen molar-refractivity contribution < 1.29 is 14.3 Å². The Morgan fingerprint density at radius 1 is 1.28 bits per heavy atom. The fourth-order valence-electron chi connectivity index (χ4n) is 1.98. The summed E-state index contributed by atoms with van der Waals surface area (Å²) in [5, 5.41) is 6.22. The van der Waals surface area contributed by atoms with E-state index in [2.05, 4.69) is 10.6 Å². The molecule has 2 N–H and O–H groups in total. The number of nitrogens with one attached hydrogen (secondary N) is 2. The van der Waals surface area contributed by atoms with Gasteiger partial charge in [0.1, 0.15) is 0 Å². The van der Waals surface area contributed by atoms with Crippen molar-refractivity contribution in [1.82, 2.24) is 10.6 Å². The highest BCUT2D eigenvalue weighted by molar-refractivity contribution is 5.81. The van der Waals surface area contributed by atoms with Gasteiger partial charge in [-0.2, -0.15) is 0 Å². The molecule has 0 aromatic rings. The normalized spacial score (nSPS) is 19.7. The van der Waals surface area contributed by atoms with Crippen molar-refractivity contribution in [3.8, 4) is 0 Å².